The molecule has 3 fully saturated rings. The first kappa shape index (κ1) is 18.6. The molecular formula is C20H36O4. The van der Waals surface area contributed by atoms with Crippen molar-refractivity contribution in [1.29, 1.82) is 0 Å². The Morgan fingerprint density at radius 2 is 1.12 bits per heavy atom. The zero-order chi connectivity index (χ0) is 16.8. The Labute approximate surface area is 147 Å². The second-order valence-corrected chi connectivity index (χ2v) is 8.39. The van der Waals surface area contributed by atoms with Crippen LogP contribution in [-0.2, 0) is 18.9 Å². The molecule has 0 saturated carbocycles. The molecule has 4 nitrogen and oxygen atoms in total. The Kier molecular flexibility index (Phi) is 7.38. The zero-order valence-electron chi connectivity index (χ0n) is 15.6. The van der Waals surface area contributed by atoms with Crippen molar-refractivity contribution < 1.29 is 18.9 Å². The molecule has 3 heterocycles. The van der Waals surface area contributed by atoms with Crippen LogP contribution in [0.25, 0.3) is 0 Å². The van der Waals surface area contributed by atoms with Crippen LogP contribution < -0.4 is 0 Å². The number of hydrogen-bond donors (Lipinski definition) is 0. The zero-order valence-corrected chi connectivity index (χ0v) is 15.6. The summed E-state index contributed by atoms with van der Waals surface area (Å²) in [5.41, 5.74) is 0. The van der Waals surface area contributed by atoms with Crippen LogP contribution in [0.2, 0.25) is 0 Å². The maximum atomic E-state index is 5.94. The highest BCUT2D eigenvalue weighted by Gasteiger charge is 2.26. The SMILES string of the molecule is CC1CCC(CCC2COC(CCC3CCC(C)CO3)OC2)OC1. The lowest BCUT2D eigenvalue weighted by Crippen LogP contribution is -2.34. The monoisotopic (exact) mass is 340 g/mol. The molecule has 3 saturated heterocycles. The van der Waals surface area contributed by atoms with Gasteiger partial charge in [-0.2, -0.15) is 0 Å². The Balaban J connectivity index is 1.24. The molecular weight excluding hydrogens is 304 g/mol. The predicted molar refractivity (Wildman–Crippen MR) is 93.9 cm³/mol. The van der Waals surface area contributed by atoms with Gasteiger partial charge in [0.15, 0.2) is 6.29 Å². The van der Waals surface area contributed by atoms with E-state index in [1.807, 2.05) is 0 Å². The van der Waals surface area contributed by atoms with Crippen LogP contribution in [0.3, 0.4) is 0 Å². The molecule has 0 aromatic rings. The van der Waals surface area contributed by atoms with E-state index >= 15 is 0 Å². The molecule has 4 unspecified atom stereocenters. The topological polar surface area (TPSA) is 36.9 Å². The van der Waals surface area contributed by atoms with Crippen molar-refractivity contribution in [2.75, 3.05) is 26.4 Å². The van der Waals surface area contributed by atoms with Crippen molar-refractivity contribution in [3.8, 4) is 0 Å². The summed E-state index contributed by atoms with van der Waals surface area (Å²) in [6.07, 6.45) is 10.2. The second-order valence-electron chi connectivity index (χ2n) is 8.39. The van der Waals surface area contributed by atoms with Crippen LogP contribution in [0.1, 0.15) is 65.2 Å². The normalized spacial score (nSPS) is 41.2. The van der Waals surface area contributed by atoms with Crippen molar-refractivity contribution in [3.05, 3.63) is 0 Å². The standard InChI is InChI=1S/C20H36O4/c1-15-3-6-18(21-11-15)8-5-17-13-23-20(24-14-17)10-9-19-7-4-16(2)12-22-19/h15-20H,3-14H2,1-2H3. The highest BCUT2D eigenvalue weighted by Crippen LogP contribution is 2.27. The van der Waals surface area contributed by atoms with E-state index < -0.39 is 0 Å². The summed E-state index contributed by atoms with van der Waals surface area (Å²) < 4.78 is 23.7. The number of rotatable bonds is 6. The maximum Gasteiger partial charge on any atom is 0.157 e. The van der Waals surface area contributed by atoms with Gasteiger partial charge in [0.25, 0.3) is 0 Å². The Morgan fingerprint density at radius 1 is 0.583 bits per heavy atom. The molecule has 0 aromatic heterocycles. The van der Waals surface area contributed by atoms with Gasteiger partial charge in [0.1, 0.15) is 0 Å². The minimum absolute atomic E-state index is 0.0176. The summed E-state index contributed by atoms with van der Waals surface area (Å²) in [5.74, 6) is 2.00. The molecule has 24 heavy (non-hydrogen) atoms. The summed E-state index contributed by atoms with van der Waals surface area (Å²) >= 11 is 0. The van der Waals surface area contributed by atoms with E-state index in [1.165, 1.54) is 25.7 Å². The van der Waals surface area contributed by atoms with E-state index in [1.54, 1.807) is 0 Å². The summed E-state index contributed by atoms with van der Waals surface area (Å²) in [5, 5.41) is 0. The summed E-state index contributed by atoms with van der Waals surface area (Å²) in [6.45, 7) is 8.08. The molecule has 4 atom stereocenters. The first-order valence-corrected chi connectivity index (χ1v) is 10.2. The molecule has 3 aliphatic heterocycles. The van der Waals surface area contributed by atoms with Crippen molar-refractivity contribution in [2.24, 2.45) is 17.8 Å². The van der Waals surface area contributed by atoms with E-state index in [4.69, 9.17) is 18.9 Å². The Bertz CT molecular complexity index is 304. The van der Waals surface area contributed by atoms with E-state index in [-0.39, 0.29) is 6.29 Å². The summed E-state index contributed by atoms with van der Waals surface area (Å²) in [7, 11) is 0. The average molecular weight is 341 g/mol. The van der Waals surface area contributed by atoms with Crippen molar-refractivity contribution >= 4 is 0 Å². The molecule has 3 rings (SSSR count). The van der Waals surface area contributed by atoms with Crippen LogP contribution in [0.15, 0.2) is 0 Å². The first-order valence-electron chi connectivity index (χ1n) is 10.2. The maximum absolute atomic E-state index is 5.94. The molecule has 0 N–H and O–H groups in total. The van der Waals surface area contributed by atoms with E-state index in [0.717, 1.165) is 63.9 Å². The average Bonchev–Trinajstić information content (AvgIpc) is 2.62. The van der Waals surface area contributed by atoms with Crippen LogP contribution in [0, 0.1) is 17.8 Å². The van der Waals surface area contributed by atoms with Gasteiger partial charge in [-0.3, -0.25) is 0 Å². The highest BCUT2D eigenvalue weighted by atomic mass is 16.7. The van der Waals surface area contributed by atoms with Crippen molar-refractivity contribution in [3.63, 3.8) is 0 Å². The molecule has 140 valence electrons. The van der Waals surface area contributed by atoms with E-state index in [0.29, 0.717) is 18.1 Å². The summed E-state index contributed by atoms with van der Waals surface area (Å²) in [4.78, 5) is 0. The smallest absolute Gasteiger partial charge is 0.157 e. The van der Waals surface area contributed by atoms with Crippen molar-refractivity contribution in [2.45, 2.75) is 83.7 Å². The molecule has 4 heteroatoms. The molecule has 0 radical (unpaired) electrons. The van der Waals surface area contributed by atoms with Gasteiger partial charge in [0.05, 0.1) is 25.4 Å². The lowest BCUT2D eigenvalue weighted by molar-refractivity contribution is -0.208. The van der Waals surface area contributed by atoms with Crippen LogP contribution >= 0.6 is 0 Å². The molecule has 0 aliphatic carbocycles. The van der Waals surface area contributed by atoms with Gasteiger partial charge in [-0.1, -0.05) is 13.8 Å². The Hall–Kier alpha value is -0.160. The first-order chi connectivity index (χ1) is 11.7. The fraction of sp³-hybridized carbons (Fsp3) is 1.00. The van der Waals surface area contributed by atoms with Crippen molar-refractivity contribution in [1.82, 2.24) is 0 Å². The van der Waals surface area contributed by atoms with Gasteiger partial charge in [0.2, 0.25) is 0 Å². The van der Waals surface area contributed by atoms with Gasteiger partial charge in [0, 0.05) is 25.6 Å². The lowest BCUT2D eigenvalue weighted by Gasteiger charge is -2.33. The molecule has 0 bridgehead atoms. The fourth-order valence-corrected chi connectivity index (χ4v) is 3.99. The van der Waals surface area contributed by atoms with Gasteiger partial charge >= 0.3 is 0 Å². The molecule has 0 aromatic carbocycles. The molecule has 0 amide bonds. The number of hydrogen-bond acceptors (Lipinski definition) is 4. The number of ether oxygens (including phenoxy) is 4. The lowest BCUT2D eigenvalue weighted by atomic mass is 9.94. The van der Waals surface area contributed by atoms with E-state index in [9.17, 15) is 0 Å². The second kappa shape index (κ2) is 9.51. The van der Waals surface area contributed by atoms with E-state index in [2.05, 4.69) is 13.8 Å². The third-order valence-electron chi connectivity index (χ3n) is 5.85. The fourth-order valence-electron chi connectivity index (χ4n) is 3.99. The third kappa shape index (κ3) is 5.98. The predicted octanol–water partition coefficient (Wildman–Crippen LogP) is 4.17. The largest absolute Gasteiger partial charge is 0.378 e. The summed E-state index contributed by atoms with van der Waals surface area (Å²) in [6, 6.07) is 0. The highest BCUT2D eigenvalue weighted by molar-refractivity contribution is 4.73. The third-order valence-corrected chi connectivity index (χ3v) is 5.85. The molecule has 0 spiro atoms. The van der Waals surface area contributed by atoms with Gasteiger partial charge in [-0.25, -0.2) is 0 Å². The molecule has 3 aliphatic rings. The van der Waals surface area contributed by atoms with Gasteiger partial charge in [-0.15, -0.1) is 0 Å². The Morgan fingerprint density at radius 3 is 1.62 bits per heavy atom. The quantitative estimate of drug-likeness (QED) is 0.727. The minimum atomic E-state index is -0.0176. The van der Waals surface area contributed by atoms with Gasteiger partial charge < -0.3 is 18.9 Å². The van der Waals surface area contributed by atoms with Gasteiger partial charge in [-0.05, 0) is 56.8 Å². The minimum Gasteiger partial charge on any atom is -0.378 e. The van der Waals surface area contributed by atoms with Crippen LogP contribution in [0.5, 0.6) is 0 Å². The van der Waals surface area contributed by atoms with Crippen LogP contribution in [0.4, 0.5) is 0 Å². The van der Waals surface area contributed by atoms with Crippen LogP contribution in [-0.4, -0.2) is 44.9 Å².